The van der Waals surface area contributed by atoms with Gasteiger partial charge in [0.25, 0.3) is 5.91 Å². The molecule has 0 radical (unpaired) electrons. The Labute approximate surface area is 139 Å². The van der Waals surface area contributed by atoms with Crippen LogP contribution in [-0.4, -0.2) is 35.0 Å². The van der Waals surface area contributed by atoms with Crippen molar-refractivity contribution >= 4 is 29.3 Å². The molecule has 1 unspecified atom stereocenters. The van der Waals surface area contributed by atoms with Crippen LogP contribution in [0.4, 0.5) is 5.69 Å². The van der Waals surface area contributed by atoms with Crippen molar-refractivity contribution in [3.8, 4) is 6.07 Å². The van der Waals surface area contributed by atoms with Crippen molar-refractivity contribution in [1.29, 1.82) is 5.26 Å². The lowest BCUT2D eigenvalue weighted by molar-refractivity contribution is -0.139. The number of rotatable bonds is 8. The Morgan fingerprint density at radius 2 is 2.04 bits per heavy atom. The van der Waals surface area contributed by atoms with E-state index in [1.807, 2.05) is 25.3 Å². The normalized spacial score (nSPS) is 12.1. The lowest BCUT2D eigenvalue weighted by atomic mass is 10.2. The molecule has 0 aliphatic carbocycles. The van der Waals surface area contributed by atoms with Gasteiger partial charge in [-0.3, -0.25) is 4.79 Å². The molecule has 0 aromatic heterocycles. The molecule has 122 valence electrons. The molecule has 0 spiro atoms. The number of benzene rings is 1. The first-order valence-corrected chi connectivity index (χ1v) is 8.33. The summed E-state index contributed by atoms with van der Waals surface area (Å²) >= 11 is 1.53. The number of amides is 1. The van der Waals surface area contributed by atoms with Crippen molar-refractivity contribution < 1.29 is 14.7 Å². The number of hydrogen-bond donors (Lipinski definition) is 3. The van der Waals surface area contributed by atoms with E-state index in [0.29, 0.717) is 17.9 Å². The third-order valence-electron chi connectivity index (χ3n) is 3.01. The monoisotopic (exact) mass is 333 g/mol. The molecular formula is C16H19N3O3S. The number of nitriles is 1. The number of carboxylic acid groups (broad SMARTS) is 1. The van der Waals surface area contributed by atoms with Crippen LogP contribution >= 0.6 is 11.8 Å². The van der Waals surface area contributed by atoms with Crippen LogP contribution in [0.5, 0.6) is 0 Å². The van der Waals surface area contributed by atoms with Gasteiger partial charge in [-0.25, -0.2) is 4.79 Å². The second-order valence-electron chi connectivity index (χ2n) is 4.83. The van der Waals surface area contributed by atoms with E-state index in [1.165, 1.54) is 11.8 Å². The van der Waals surface area contributed by atoms with Crippen LogP contribution in [0.25, 0.3) is 0 Å². The molecule has 1 rings (SSSR count). The predicted octanol–water partition coefficient (Wildman–Crippen LogP) is 2.14. The van der Waals surface area contributed by atoms with Gasteiger partial charge in [0.1, 0.15) is 17.7 Å². The molecule has 3 N–H and O–H groups in total. The van der Waals surface area contributed by atoms with E-state index < -0.39 is 17.9 Å². The minimum Gasteiger partial charge on any atom is -0.480 e. The maximum atomic E-state index is 12.0. The molecular weight excluding hydrogens is 314 g/mol. The van der Waals surface area contributed by atoms with E-state index in [9.17, 15) is 9.59 Å². The van der Waals surface area contributed by atoms with Crippen molar-refractivity contribution in [2.45, 2.75) is 19.4 Å². The zero-order chi connectivity index (χ0) is 17.2. The summed E-state index contributed by atoms with van der Waals surface area (Å²) in [5.41, 5.74) is 1.44. The first-order valence-electron chi connectivity index (χ1n) is 6.94. The number of carboxylic acids is 1. The SMILES string of the molecule is CSCCC(N/C=C(/C#N)C(=O)Nc1ccc(C)cc1)C(=O)O. The summed E-state index contributed by atoms with van der Waals surface area (Å²) < 4.78 is 0. The fourth-order valence-electron chi connectivity index (χ4n) is 1.68. The van der Waals surface area contributed by atoms with Crippen LogP contribution in [0.15, 0.2) is 36.0 Å². The van der Waals surface area contributed by atoms with Crippen LogP contribution in [-0.2, 0) is 9.59 Å². The highest BCUT2D eigenvalue weighted by molar-refractivity contribution is 7.98. The minimum atomic E-state index is -1.02. The number of thioether (sulfide) groups is 1. The minimum absolute atomic E-state index is 0.180. The van der Waals surface area contributed by atoms with Gasteiger partial charge in [-0.2, -0.15) is 17.0 Å². The average Bonchev–Trinajstić information content (AvgIpc) is 2.52. The van der Waals surface area contributed by atoms with E-state index in [-0.39, 0.29) is 5.57 Å². The van der Waals surface area contributed by atoms with E-state index in [0.717, 1.165) is 11.8 Å². The molecule has 0 saturated carbocycles. The Kier molecular flexibility index (Phi) is 7.71. The van der Waals surface area contributed by atoms with Gasteiger partial charge in [-0.1, -0.05) is 17.7 Å². The second kappa shape index (κ2) is 9.54. The highest BCUT2D eigenvalue weighted by Crippen LogP contribution is 2.10. The standard InChI is InChI=1S/C16H19N3O3S/c1-11-3-5-13(6-4-11)19-15(20)12(9-17)10-18-14(16(21)22)7-8-23-2/h3-6,10,14,18H,7-8H2,1-2H3,(H,19,20)(H,21,22)/b12-10-. The molecule has 1 aromatic carbocycles. The summed E-state index contributed by atoms with van der Waals surface area (Å²) in [7, 11) is 0. The molecule has 0 bridgehead atoms. The Hall–Kier alpha value is -2.46. The smallest absolute Gasteiger partial charge is 0.326 e. The molecule has 1 aromatic rings. The molecule has 6 nitrogen and oxygen atoms in total. The van der Waals surface area contributed by atoms with Gasteiger partial charge < -0.3 is 15.7 Å². The third kappa shape index (κ3) is 6.45. The van der Waals surface area contributed by atoms with E-state index >= 15 is 0 Å². The van der Waals surface area contributed by atoms with Crippen molar-refractivity contribution in [3.05, 3.63) is 41.6 Å². The Balaban J connectivity index is 2.73. The first-order chi connectivity index (χ1) is 11.0. The number of carbonyl (C=O) groups is 2. The molecule has 0 heterocycles. The van der Waals surface area contributed by atoms with Gasteiger partial charge in [0, 0.05) is 11.9 Å². The number of aryl methyl sites for hydroxylation is 1. The quantitative estimate of drug-likeness (QED) is 0.497. The van der Waals surface area contributed by atoms with Crippen molar-refractivity contribution in [2.24, 2.45) is 0 Å². The predicted molar refractivity (Wildman–Crippen MR) is 91.1 cm³/mol. The Morgan fingerprint density at radius 1 is 1.39 bits per heavy atom. The molecule has 1 atom stereocenters. The average molecular weight is 333 g/mol. The van der Waals surface area contributed by atoms with Crippen LogP contribution in [0, 0.1) is 18.3 Å². The van der Waals surface area contributed by atoms with Gasteiger partial charge in [0.15, 0.2) is 0 Å². The summed E-state index contributed by atoms with van der Waals surface area (Å²) in [5, 5.41) is 23.4. The molecule has 1 amide bonds. The largest absolute Gasteiger partial charge is 0.480 e. The number of hydrogen-bond acceptors (Lipinski definition) is 5. The lowest BCUT2D eigenvalue weighted by Crippen LogP contribution is -2.34. The summed E-state index contributed by atoms with van der Waals surface area (Å²) in [6.07, 6.45) is 3.43. The summed E-state index contributed by atoms with van der Waals surface area (Å²) in [6.45, 7) is 1.93. The van der Waals surface area contributed by atoms with E-state index in [1.54, 1.807) is 18.2 Å². The first kappa shape index (κ1) is 18.6. The van der Waals surface area contributed by atoms with E-state index in [2.05, 4.69) is 10.6 Å². The van der Waals surface area contributed by atoms with Crippen LogP contribution in [0.2, 0.25) is 0 Å². The maximum Gasteiger partial charge on any atom is 0.326 e. The van der Waals surface area contributed by atoms with Crippen molar-refractivity contribution in [1.82, 2.24) is 5.32 Å². The highest BCUT2D eigenvalue weighted by atomic mass is 32.2. The van der Waals surface area contributed by atoms with Gasteiger partial charge in [-0.15, -0.1) is 0 Å². The Bertz CT molecular complexity index is 620. The van der Waals surface area contributed by atoms with Gasteiger partial charge in [0.2, 0.25) is 0 Å². The van der Waals surface area contributed by atoms with Gasteiger partial charge in [0.05, 0.1) is 0 Å². The maximum absolute atomic E-state index is 12.0. The molecule has 23 heavy (non-hydrogen) atoms. The number of nitrogens with one attached hydrogen (secondary N) is 2. The third-order valence-corrected chi connectivity index (χ3v) is 3.66. The fraction of sp³-hybridized carbons (Fsp3) is 0.312. The van der Waals surface area contributed by atoms with Gasteiger partial charge in [-0.05, 0) is 37.5 Å². The zero-order valence-corrected chi connectivity index (χ0v) is 13.8. The summed E-state index contributed by atoms with van der Waals surface area (Å²) in [4.78, 5) is 23.1. The molecule has 0 aliphatic rings. The number of anilines is 1. The van der Waals surface area contributed by atoms with Crippen LogP contribution in [0.1, 0.15) is 12.0 Å². The number of aliphatic carboxylic acids is 1. The molecule has 0 fully saturated rings. The number of carbonyl (C=O) groups excluding carboxylic acids is 1. The molecule has 7 heteroatoms. The van der Waals surface area contributed by atoms with Crippen molar-refractivity contribution in [2.75, 3.05) is 17.3 Å². The summed E-state index contributed by atoms with van der Waals surface area (Å²) in [5.74, 6) is -0.945. The van der Waals surface area contributed by atoms with Crippen molar-refractivity contribution in [3.63, 3.8) is 0 Å². The number of nitrogens with zero attached hydrogens (tertiary/aromatic N) is 1. The van der Waals surface area contributed by atoms with E-state index in [4.69, 9.17) is 10.4 Å². The molecule has 0 saturated heterocycles. The Morgan fingerprint density at radius 3 is 2.57 bits per heavy atom. The highest BCUT2D eigenvalue weighted by Gasteiger charge is 2.16. The van der Waals surface area contributed by atoms with Crippen LogP contribution < -0.4 is 10.6 Å². The molecule has 0 aliphatic heterocycles. The van der Waals surface area contributed by atoms with Crippen LogP contribution in [0.3, 0.4) is 0 Å². The lowest BCUT2D eigenvalue weighted by Gasteiger charge is -2.12. The summed E-state index contributed by atoms with van der Waals surface area (Å²) in [6, 6.07) is 8.08. The second-order valence-corrected chi connectivity index (χ2v) is 5.81. The topological polar surface area (TPSA) is 102 Å². The zero-order valence-electron chi connectivity index (χ0n) is 13.0. The van der Waals surface area contributed by atoms with Gasteiger partial charge >= 0.3 is 5.97 Å². The fourth-order valence-corrected chi connectivity index (χ4v) is 2.15.